The van der Waals surface area contributed by atoms with Crippen LogP contribution in [0.3, 0.4) is 0 Å². The normalized spacial score (nSPS) is 18.2. The van der Waals surface area contributed by atoms with Gasteiger partial charge in [0, 0.05) is 67.7 Å². The van der Waals surface area contributed by atoms with Gasteiger partial charge in [-0.25, -0.2) is 9.97 Å². The van der Waals surface area contributed by atoms with E-state index in [9.17, 15) is 13.2 Å². The molecule has 0 unspecified atom stereocenters. The molecular formula is C24H30F3N7. The smallest absolute Gasteiger partial charge is 0.388 e. The van der Waals surface area contributed by atoms with Crippen molar-refractivity contribution in [2.75, 3.05) is 50.0 Å². The van der Waals surface area contributed by atoms with E-state index in [1.165, 1.54) is 12.6 Å². The molecule has 4 N–H and O–H groups in total. The number of anilines is 2. The molecule has 1 spiro atoms. The Morgan fingerprint density at radius 2 is 1.94 bits per heavy atom. The summed E-state index contributed by atoms with van der Waals surface area (Å²) in [6.45, 7) is 2.67. The van der Waals surface area contributed by atoms with Crippen molar-refractivity contribution in [3.05, 3.63) is 42.2 Å². The molecule has 2 aromatic rings. The van der Waals surface area contributed by atoms with Crippen molar-refractivity contribution < 1.29 is 13.2 Å². The molecule has 0 saturated carbocycles. The molecule has 2 aliphatic rings. The summed E-state index contributed by atoms with van der Waals surface area (Å²) in [5.74, 6) is 0.602. The molecule has 0 amide bonds. The molecule has 2 saturated heterocycles. The summed E-state index contributed by atoms with van der Waals surface area (Å²) < 4.78 is 37.8. The predicted molar refractivity (Wildman–Crippen MR) is 129 cm³/mol. The number of nitrogens with zero attached hydrogens (tertiary/aromatic N) is 3. The number of hydrogen-bond donors (Lipinski definition) is 4. The molecule has 34 heavy (non-hydrogen) atoms. The molecule has 0 aliphatic carbocycles. The molecule has 1 aromatic heterocycles. The van der Waals surface area contributed by atoms with E-state index in [4.69, 9.17) is 10.4 Å². The fourth-order valence-corrected chi connectivity index (χ4v) is 4.63. The Morgan fingerprint density at radius 3 is 2.53 bits per heavy atom. The van der Waals surface area contributed by atoms with Crippen LogP contribution in [-0.4, -0.2) is 62.1 Å². The van der Waals surface area contributed by atoms with E-state index >= 15 is 0 Å². The Labute approximate surface area is 197 Å². The first kappa shape index (κ1) is 24.0. The largest absolute Gasteiger partial charge is 0.405 e. The molecule has 10 heteroatoms. The standard InChI is InChI=1S/C24H30F3N7/c1-29-19-4-2-17(3-5-19)21-20(18(12-28)13-31-16-24(25,26)27)14-32-22(33-21)34-10-7-23(8-11-34)6-9-30-15-23/h2-5,12-14,28-31H,6-11,15-16H2,1H3/b18-13+,28-12?. The van der Waals surface area contributed by atoms with Gasteiger partial charge in [-0.05, 0) is 43.4 Å². The van der Waals surface area contributed by atoms with Gasteiger partial charge in [0.05, 0.1) is 5.69 Å². The van der Waals surface area contributed by atoms with Gasteiger partial charge in [-0.2, -0.15) is 13.2 Å². The van der Waals surface area contributed by atoms with Crippen LogP contribution >= 0.6 is 0 Å². The maximum absolute atomic E-state index is 12.6. The summed E-state index contributed by atoms with van der Waals surface area (Å²) in [6.07, 6.45) is 2.82. The zero-order valence-electron chi connectivity index (χ0n) is 19.2. The molecule has 3 heterocycles. The number of alkyl halides is 3. The minimum absolute atomic E-state index is 0.276. The summed E-state index contributed by atoms with van der Waals surface area (Å²) in [4.78, 5) is 11.6. The van der Waals surface area contributed by atoms with E-state index in [2.05, 4.69) is 25.8 Å². The maximum atomic E-state index is 12.6. The minimum Gasteiger partial charge on any atom is -0.388 e. The van der Waals surface area contributed by atoms with Crippen LogP contribution in [0.25, 0.3) is 16.8 Å². The van der Waals surface area contributed by atoms with Crippen molar-refractivity contribution in [1.82, 2.24) is 20.6 Å². The molecule has 0 radical (unpaired) electrons. The third-order valence-corrected chi connectivity index (χ3v) is 6.69. The van der Waals surface area contributed by atoms with Crippen LogP contribution in [0.15, 0.2) is 36.7 Å². The molecular weight excluding hydrogens is 443 g/mol. The van der Waals surface area contributed by atoms with Crippen LogP contribution in [0, 0.1) is 10.8 Å². The van der Waals surface area contributed by atoms with Crippen molar-refractivity contribution >= 4 is 23.4 Å². The third-order valence-electron chi connectivity index (χ3n) is 6.69. The summed E-state index contributed by atoms with van der Waals surface area (Å²) in [7, 11) is 1.83. The summed E-state index contributed by atoms with van der Waals surface area (Å²) in [6, 6.07) is 7.63. The van der Waals surface area contributed by atoms with Gasteiger partial charge >= 0.3 is 6.18 Å². The second-order valence-electron chi connectivity index (χ2n) is 8.91. The monoisotopic (exact) mass is 473 g/mol. The zero-order valence-corrected chi connectivity index (χ0v) is 19.2. The molecule has 7 nitrogen and oxygen atoms in total. The Balaban J connectivity index is 1.65. The Morgan fingerprint density at radius 1 is 1.21 bits per heavy atom. The molecule has 2 aliphatic heterocycles. The number of rotatable bonds is 7. The highest BCUT2D eigenvalue weighted by molar-refractivity contribution is 6.10. The van der Waals surface area contributed by atoms with Gasteiger partial charge in [0.1, 0.15) is 6.54 Å². The second kappa shape index (κ2) is 10.0. The van der Waals surface area contributed by atoms with Crippen LogP contribution in [0.5, 0.6) is 0 Å². The Hall–Kier alpha value is -3.14. The molecule has 182 valence electrons. The molecule has 0 atom stereocenters. The molecule has 0 bridgehead atoms. The lowest BCUT2D eigenvalue weighted by Gasteiger charge is -2.39. The second-order valence-corrected chi connectivity index (χ2v) is 8.91. The average Bonchev–Trinajstić information content (AvgIpc) is 3.29. The Bertz CT molecular complexity index is 1020. The quantitative estimate of drug-likeness (QED) is 0.456. The third kappa shape index (κ3) is 5.49. The minimum atomic E-state index is -4.35. The van der Waals surface area contributed by atoms with Crippen molar-refractivity contribution in [3.63, 3.8) is 0 Å². The van der Waals surface area contributed by atoms with Crippen molar-refractivity contribution in [3.8, 4) is 11.3 Å². The predicted octanol–water partition coefficient (Wildman–Crippen LogP) is 3.91. The van der Waals surface area contributed by atoms with Crippen molar-refractivity contribution in [2.24, 2.45) is 5.41 Å². The van der Waals surface area contributed by atoms with Crippen LogP contribution < -0.4 is 20.9 Å². The van der Waals surface area contributed by atoms with Gasteiger partial charge in [0.2, 0.25) is 5.95 Å². The number of nitrogens with one attached hydrogen (secondary N) is 4. The maximum Gasteiger partial charge on any atom is 0.405 e. The van der Waals surface area contributed by atoms with Crippen LogP contribution in [0.4, 0.5) is 24.8 Å². The van der Waals surface area contributed by atoms with E-state index in [1.807, 2.05) is 31.3 Å². The highest BCUT2D eigenvalue weighted by atomic mass is 19.4. The van der Waals surface area contributed by atoms with Crippen LogP contribution in [-0.2, 0) is 0 Å². The fourth-order valence-electron chi connectivity index (χ4n) is 4.63. The van der Waals surface area contributed by atoms with E-state index in [-0.39, 0.29) is 5.57 Å². The number of aromatic nitrogens is 2. The topological polar surface area (TPSA) is 89.0 Å². The number of hydrogen-bond acceptors (Lipinski definition) is 7. The lowest BCUT2D eigenvalue weighted by Crippen LogP contribution is -2.42. The Kier molecular flexibility index (Phi) is 7.06. The molecule has 4 rings (SSSR count). The molecule has 2 fully saturated rings. The van der Waals surface area contributed by atoms with Gasteiger partial charge in [-0.3, -0.25) is 0 Å². The number of allylic oxidation sites excluding steroid dienone is 1. The lowest BCUT2D eigenvalue weighted by atomic mass is 9.78. The van der Waals surface area contributed by atoms with E-state index in [1.54, 1.807) is 6.20 Å². The number of piperidine rings is 1. The SMILES string of the molecule is CNc1ccc(-c2nc(N3CCC4(CCNC4)CC3)ncc2/C(C=N)=C/NCC(F)(F)F)cc1. The number of halogens is 3. The lowest BCUT2D eigenvalue weighted by molar-refractivity contribution is -0.122. The van der Waals surface area contributed by atoms with Gasteiger partial charge in [0.15, 0.2) is 0 Å². The van der Waals surface area contributed by atoms with Gasteiger partial charge in [-0.1, -0.05) is 12.1 Å². The highest BCUT2D eigenvalue weighted by Gasteiger charge is 2.37. The van der Waals surface area contributed by atoms with Crippen molar-refractivity contribution in [2.45, 2.75) is 25.4 Å². The van der Waals surface area contributed by atoms with Crippen LogP contribution in [0.1, 0.15) is 24.8 Å². The first-order valence-corrected chi connectivity index (χ1v) is 11.4. The highest BCUT2D eigenvalue weighted by Crippen LogP contribution is 2.38. The van der Waals surface area contributed by atoms with Crippen molar-refractivity contribution in [1.29, 1.82) is 5.41 Å². The summed E-state index contributed by atoms with van der Waals surface area (Å²) in [5.41, 5.74) is 3.45. The van der Waals surface area contributed by atoms with Gasteiger partial charge in [-0.15, -0.1) is 0 Å². The van der Waals surface area contributed by atoms with E-state index < -0.39 is 12.7 Å². The van der Waals surface area contributed by atoms with E-state index in [0.29, 0.717) is 22.6 Å². The first-order valence-electron chi connectivity index (χ1n) is 11.4. The average molecular weight is 474 g/mol. The van der Waals surface area contributed by atoms with E-state index in [0.717, 1.165) is 56.5 Å². The summed E-state index contributed by atoms with van der Waals surface area (Å²) in [5, 5.41) is 16.6. The summed E-state index contributed by atoms with van der Waals surface area (Å²) >= 11 is 0. The first-order chi connectivity index (χ1) is 16.3. The van der Waals surface area contributed by atoms with Gasteiger partial charge < -0.3 is 26.3 Å². The zero-order chi connectivity index (χ0) is 24.2. The fraction of sp³-hybridized carbons (Fsp3) is 0.458. The molecule has 1 aromatic carbocycles. The van der Waals surface area contributed by atoms with Crippen LogP contribution in [0.2, 0.25) is 0 Å². The number of benzene rings is 1. The van der Waals surface area contributed by atoms with Gasteiger partial charge in [0.25, 0.3) is 0 Å².